The lowest BCUT2D eigenvalue weighted by Gasteiger charge is -2.33. The van der Waals surface area contributed by atoms with Crippen LogP contribution in [-0.4, -0.2) is 47.1 Å². The third-order valence-electron chi connectivity index (χ3n) is 4.05. The van der Waals surface area contributed by atoms with Crippen LogP contribution in [0.3, 0.4) is 0 Å². The van der Waals surface area contributed by atoms with Gasteiger partial charge in [0, 0.05) is 51.1 Å². The van der Waals surface area contributed by atoms with Gasteiger partial charge in [0.2, 0.25) is 0 Å². The van der Waals surface area contributed by atoms with E-state index in [-0.39, 0.29) is 0 Å². The lowest BCUT2D eigenvalue weighted by Crippen LogP contribution is -2.35. The standard InChI is InChI=1S/C16H22N6/c1-12-7-15(19-11-18-12)22-6-4-5-13(10-22)14-8-17-9-16(20-14)21(2)3/h7-9,11,13H,4-6,10H2,1-3H3/t13-/m1/s1. The molecule has 3 heterocycles. The summed E-state index contributed by atoms with van der Waals surface area (Å²) in [5.41, 5.74) is 2.07. The highest BCUT2D eigenvalue weighted by Crippen LogP contribution is 2.28. The van der Waals surface area contributed by atoms with Gasteiger partial charge in [-0.2, -0.15) is 0 Å². The molecule has 0 bridgehead atoms. The van der Waals surface area contributed by atoms with Crippen molar-refractivity contribution >= 4 is 11.6 Å². The van der Waals surface area contributed by atoms with Crippen molar-refractivity contribution in [3.8, 4) is 0 Å². The smallest absolute Gasteiger partial charge is 0.146 e. The lowest BCUT2D eigenvalue weighted by molar-refractivity contribution is 0.497. The first-order valence-corrected chi connectivity index (χ1v) is 7.66. The molecular weight excluding hydrogens is 276 g/mol. The van der Waals surface area contributed by atoms with E-state index in [0.717, 1.165) is 49.0 Å². The summed E-state index contributed by atoms with van der Waals surface area (Å²) >= 11 is 0. The fraction of sp³-hybridized carbons (Fsp3) is 0.500. The third kappa shape index (κ3) is 3.16. The Morgan fingerprint density at radius 1 is 1.23 bits per heavy atom. The molecule has 22 heavy (non-hydrogen) atoms. The zero-order valence-electron chi connectivity index (χ0n) is 13.4. The van der Waals surface area contributed by atoms with Gasteiger partial charge in [0.05, 0.1) is 11.9 Å². The molecule has 0 aromatic carbocycles. The van der Waals surface area contributed by atoms with Crippen LogP contribution >= 0.6 is 0 Å². The van der Waals surface area contributed by atoms with Crippen molar-refractivity contribution in [2.75, 3.05) is 37.0 Å². The molecule has 0 N–H and O–H groups in total. The number of piperidine rings is 1. The van der Waals surface area contributed by atoms with E-state index in [4.69, 9.17) is 4.98 Å². The van der Waals surface area contributed by atoms with Gasteiger partial charge < -0.3 is 9.80 Å². The van der Waals surface area contributed by atoms with Crippen LogP contribution in [0.4, 0.5) is 11.6 Å². The number of aromatic nitrogens is 4. The molecule has 0 spiro atoms. The van der Waals surface area contributed by atoms with Gasteiger partial charge in [-0.1, -0.05) is 0 Å². The molecule has 2 aromatic rings. The molecule has 2 aromatic heterocycles. The van der Waals surface area contributed by atoms with Crippen LogP contribution in [0, 0.1) is 6.92 Å². The van der Waals surface area contributed by atoms with Crippen LogP contribution in [0.5, 0.6) is 0 Å². The molecule has 1 aliphatic heterocycles. The predicted molar refractivity (Wildman–Crippen MR) is 87.3 cm³/mol. The Hall–Kier alpha value is -2.24. The monoisotopic (exact) mass is 298 g/mol. The van der Waals surface area contributed by atoms with Crippen molar-refractivity contribution in [2.24, 2.45) is 0 Å². The van der Waals surface area contributed by atoms with Crippen LogP contribution < -0.4 is 9.80 Å². The summed E-state index contributed by atoms with van der Waals surface area (Å²) < 4.78 is 0. The van der Waals surface area contributed by atoms with Crippen molar-refractivity contribution in [1.29, 1.82) is 0 Å². The molecule has 1 fully saturated rings. The summed E-state index contributed by atoms with van der Waals surface area (Å²) in [6.07, 6.45) is 7.62. The quantitative estimate of drug-likeness (QED) is 0.864. The van der Waals surface area contributed by atoms with Crippen LogP contribution in [-0.2, 0) is 0 Å². The highest BCUT2D eigenvalue weighted by molar-refractivity contribution is 5.41. The van der Waals surface area contributed by atoms with Crippen molar-refractivity contribution in [1.82, 2.24) is 19.9 Å². The Morgan fingerprint density at radius 3 is 2.86 bits per heavy atom. The SMILES string of the molecule is Cc1cc(N2CCC[C@@H](c3cncc(N(C)C)n3)C2)ncn1. The maximum absolute atomic E-state index is 4.75. The molecule has 3 rings (SSSR count). The first-order chi connectivity index (χ1) is 10.6. The zero-order valence-corrected chi connectivity index (χ0v) is 13.4. The summed E-state index contributed by atoms with van der Waals surface area (Å²) in [5.74, 6) is 2.32. The van der Waals surface area contributed by atoms with Crippen molar-refractivity contribution in [3.63, 3.8) is 0 Å². The number of hydrogen-bond acceptors (Lipinski definition) is 6. The molecule has 0 aliphatic carbocycles. The second kappa shape index (κ2) is 6.25. The molecule has 0 amide bonds. The van der Waals surface area contributed by atoms with E-state index in [2.05, 4.69) is 19.9 Å². The second-order valence-corrected chi connectivity index (χ2v) is 6.00. The zero-order chi connectivity index (χ0) is 15.5. The summed E-state index contributed by atoms with van der Waals surface area (Å²) in [6.45, 7) is 3.97. The average molecular weight is 298 g/mol. The molecule has 1 aliphatic rings. The first-order valence-electron chi connectivity index (χ1n) is 7.66. The fourth-order valence-corrected chi connectivity index (χ4v) is 2.82. The maximum Gasteiger partial charge on any atom is 0.146 e. The number of nitrogens with zero attached hydrogens (tertiary/aromatic N) is 6. The first kappa shape index (κ1) is 14.7. The van der Waals surface area contributed by atoms with Crippen LogP contribution in [0.25, 0.3) is 0 Å². The van der Waals surface area contributed by atoms with Gasteiger partial charge in [-0.05, 0) is 19.8 Å². The molecule has 6 nitrogen and oxygen atoms in total. The summed E-state index contributed by atoms with van der Waals surface area (Å²) in [5, 5.41) is 0. The predicted octanol–water partition coefficient (Wildman–Crippen LogP) is 2.03. The fourth-order valence-electron chi connectivity index (χ4n) is 2.82. The van der Waals surface area contributed by atoms with Gasteiger partial charge >= 0.3 is 0 Å². The minimum absolute atomic E-state index is 0.399. The van der Waals surface area contributed by atoms with Gasteiger partial charge in [0.1, 0.15) is 18.0 Å². The third-order valence-corrected chi connectivity index (χ3v) is 4.05. The van der Waals surface area contributed by atoms with E-state index in [0.29, 0.717) is 5.92 Å². The Labute approximate surface area is 131 Å². The molecule has 0 radical (unpaired) electrons. The van der Waals surface area contributed by atoms with E-state index in [1.807, 2.05) is 38.2 Å². The minimum Gasteiger partial charge on any atom is -0.361 e. The van der Waals surface area contributed by atoms with Crippen LogP contribution in [0.15, 0.2) is 24.8 Å². The van der Waals surface area contributed by atoms with E-state index >= 15 is 0 Å². The number of aryl methyl sites for hydroxylation is 1. The van der Waals surface area contributed by atoms with Crippen molar-refractivity contribution < 1.29 is 0 Å². The molecule has 0 saturated carbocycles. The average Bonchev–Trinajstić information content (AvgIpc) is 2.55. The van der Waals surface area contributed by atoms with Gasteiger partial charge in [0.15, 0.2) is 0 Å². The topological polar surface area (TPSA) is 58.0 Å². The Morgan fingerprint density at radius 2 is 2.09 bits per heavy atom. The second-order valence-electron chi connectivity index (χ2n) is 6.00. The van der Waals surface area contributed by atoms with Crippen molar-refractivity contribution in [2.45, 2.75) is 25.7 Å². The number of rotatable bonds is 3. The number of anilines is 2. The van der Waals surface area contributed by atoms with Crippen molar-refractivity contribution in [3.05, 3.63) is 36.2 Å². The summed E-state index contributed by atoms with van der Waals surface area (Å²) in [7, 11) is 3.98. The van der Waals surface area contributed by atoms with Crippen LogP contribution in [0.2, 0.25) is 0 Å². The highest BCUT2D eigenvalue weighted by atomic mass is 15.2. The molecule has 0 unspecified atom stereocenters. The van der Waals surface area contributed by atoms with E-state index in [1.54, 1.807) is 12.5 Å². The molecule has 116 valence electrons. The molecule has 6 heteroatoms. The van der Waals surface area contributed by atoms with E-state index in [1.165, 1.54) is 0 Å². The Balaban J connectivity index is 1.79. The van der Waals surface area contributed by atoms with Gasteiger partial charge in [-0.15, -0.1) is 0 Å². The highest BCUT2D eigenvalue weighted by Gasteiger charge is 2.24. The largest absolute Gasteiger partial charge is 0.361 e. The van der Waals surface area contributed by atoms with Gasteiger partial charge in [-0.25, -0.2) is 15.0 Å². The van der Waals surface area contributed by atoms with Crippen LogP contribution in [0.1, 0.15) is 30.1 Å². The molecule has 1 saturated heterocycles. The van der Waals surface area contributed by atoms with E-state index < -0.39 is 0 Å². The van der Waals surface area contributed by atoms with Gasteiger partial charge in [-0.3, -0.25) is 4.98 Å². The summed E-state index contributed by atoms with van der Waals surface area (Å²) in [4.78, 5) is 22.0. The Kier molecular flexibility index (Phi) is 4.18. The minimum atomic E-state index is 0.399. The van der Waals surface area contributed by atoms with Gasteiger partial charge in [0.25, 0.3) is 0 Å². The lowest BCUT2D eigenvalue weighted by atomic mass is 9.95. The summed E-state index contributed by atoms with van der Waals surface area (Å²) in [6, 6.07) is 2.05. The maximum atomic E-state index is 4.75. The molecule has 1 atom stereocenters. The Bertz CT molecular complexity index is 642. The van der Waals surface area contributed by atoms with E-state index in [9.17, 15) is 0 Å². The normalized spacial score (nSPS) is 18.3. The molecular formula is C16H22N6. The number of hydrogen-bond donors (Lipinski definition) is 0.